The Kier molecular flexibility index (Phi) is 3.17. The summed E-state index contributed by atoms with van der Waals surface area (Å²) in [6, 6.07) is 4.92. The monoisotopic (exact) mass is 197 g/mol. The Bertz CT molecular complexity index is 338. The molecule has 0 saturated heterocycles. The topological polar surface area (TPSA) is 70.8 Å². The molecule has 0 saturated carbocycles. The lowest BCUT2D eigenvalue weighted by molar-refractivity contribution is 0.208. The third kappa shape index (κ3) is 2.07. The number of primary amides is 1. The van der Waals surface area contributed by atoms with Crippen molar-refractivity contribution in [2.45, 2.75) is 0 Å². The van der Waals surface area contributed by atoms with Crippen LogP contribution in [-0.4, -0.2) is 20.3 Å². The Morgan fingerprint density at radius 3 is 2.36 bits per heavy atom. The number of rotatable bonds is 3. The van der Waals surface area contributed by atoms with E-state index in [9.17, 15) is 4.79 Å². The normalized spacial score (nSPS) is 9.29. The summed E-state index contributed by atoms with van der Waals surface area (Å²) in [4.78, 5) is 10.5. The van der Waals surface area contributed by atoms with E-state index in [1.165, 1.54) is 14.2 Å². The van der Waals surface area contributed by atoms with E-state index in [1.54, 1.807) is 18.2 Å². The van der Waals surface area contributed by atoms with Crippen LogP contribution in [0.5, 0.6) is 17.2 Å². The van der Waals surface area contributed by atoms with Crippen LogP contribution < -0.4 is 19.9 Å². The predicted octanol–water partition coefficient (Wildman–Crippen LogP) is 1.16. The van der Waals surface area contributed by atoms with E-state index in [2.05, 4.69) is 0 Å². The smallest absolute Gasteiger partial charge is 0.410 e. The molecule has 5 heteroatoms. The van der Waals surface area contributed by atoms with Crippen LogP contribution in [0.1, 0.15) is 0 Å². The van der Waals surface area contributed by atoms with Crippen molar-refractivity contribution < 1.29 is 19.0 Å². The van der Waals surface area contributed by atoms with Crippen LogP contribution in [0.15, 0.2) is 18.2 Å². The number of para-hydroxylation sites is 1. The maximum Gasteiger partial charge on any atom is 0.410 e. The highest BCUT2D eigenvalue weighted by atomic mass is 16.6. The minimum absolute atomic E-state index is 0.236. The fourth-order valence-corrected chi connectivity index (χ4v) is 1.05. The lowest BCUT2D eigenvalue weighted by Crippen LogP contribution is -2.16. The van der Waals surface area contributed by atoms with Crippen molar-refractivity contribution in [3.05, 3.63) is 18.2 Å². The van der Waals surface area contributed by atoms with Crippen molar-refractivity contribution in [1.29, 1.82) is 0 Å². The summed E-state index contributed by atoms with van der Waals surface area (Å²) < 4.78 is 14.7. The molecule has 76 valence electrons. The predicted molar refractivity (Wildman–Crippen MR) is 49.8 cm³/mol. The van der Waals surface area contributed by atoms with Gasteiger partial charge in [-0.1, -0.05) is 6.07 Å². The second kappa shape index (κ2) is 4.36. The summed E-state index contributed by atoms with van der Waals surface area (Å²) in [7, 11) is 2.94. The van der Waals surface area contributed by atoms with E-state index in [-0.39, 0.29) is 5.75 Å². The third-order valence-corrected chi connectivity index (χ3v) is 1.58. The molecule has 0 aliphatic heterocycles. The minimum Gasteiger partial charge on any atom is -0.493 e. The van der Waals surface area contributed by atoms with E-state index in [4.69, 9.17) is 19.9 Å². The molecule has 1 aromatic rings. The Morgan fingerprint density at radius 2 is 1.86 bits per heavy atom. The lowest BCUT2D eigenvalue weighted by Gasteiger charge is -2.10. The first-order valence-electron chi connectivity index (χ1n) is 3.87. The number of carbonyl (C=O) groups is 1. The molecule has 0 fully saturated rings. The molecule has 0 aliphatic rings. The summed E-state index contributed by atoms with van der Waals surface area (Å²) in [5.41, 5.74) is 4.88. The fraction of sp³-hybridized carbons (Fsp3) is 0.222. The summed E-state index contributed by atoms with van der Waals surface area (Å²) in [5, 5.41) is 0. The van der Waals surface area contributed by atoms with Gasteiger partial charge in [-0.2, -0.15) is 0 Å². The quantitative estimate of drug-likeness (QED) is 0.789. The van der Waals surface area contributed by atoms with Gasteiger partial charge in [0.25, 0.3) is 0 Å². The average Bonchev–Trinajstić information content (AvgIpc) is 2.16. The van der Waals surface area contributed by atoms with Gasteiger partial charge >= 0.3 is 6.09 Å². The summed E-state index contributed by atoms with van der Waals surface area (Å²) in [6.07, 6.45) is -0.892. The molecule has 1 amide bonds. The number of hydrogen-bond acceptors (Lipinski definition) is 4. The van der Waals surface area contributed by atoms with Crippen LogP contribution in [0.25, 0.3) is 0 Å². The zero-order valence-electron chi connectivity index (χ0n) is 7.94. The van der Waals surface area contributed by atoms with Gasteiger partial charge in [0.2, 0.25) is 5.75 Å². The van der Waals surface area contributed by atoms with E-state index >= 15 is 0 Å². The van der Waals surface area contributed by atoms with E-state index < -0.39 is 6.09 Å². The molecule has 0 spiro atoms. The Balaban J connectivity index is 3.08. The fourth-order valence-electron chi connectivity index (χ4n) is 1.05. The number of ether oxygens (including phenoxy) is 3. The van der Waals surface area contributed by atoms with Gasteiger partial charge in [0, 0.05) is 0 Å². The first kappa shape index (κ1) is 10.2. The zero-order valence-corrected chi connectivity index (χ0v) is 7.94. The van der Waals surface area contributed by atoms with Gasteiger partial charge in [-0.25, -0.2) is 4.79 Å². The minimum atomic E-state index is -0.892. The molecule has 0 heterocycles. The van der Waals surface area contributed by atoms with Crippen molar-refractivity contribution in [2.24, 2.45) is 5.73 Å². The Hall–Kier alpha value is -1.91. The van der Waals surface area contributed by atoms with E-state index in [0.29, 0.717) is 11.5 Å². The van der Waals surface area contributed by atoms with Crippen LogP contribution >= 0.6 is 0 Å². The summed E-state index contributed by atoms with van der Waals surface area (Å²) in [5.74, 6) is 1.06. The molecule has 5 nitrogen and oxygen atoms in total. The summed E-state index contributed by atoms with van der Waals surface area (Å²) >= 11 is 0. The highest BCUT2D eigenvalue weighted by molar-refractivity contribution is 5.70. The molecular weight excluding hydrogens is 186 g/mol. The molecular formula is C9H11NO4. The van der Waals surface area contributed by atoms with Crippen LogP contribution in [0.2, 0.25) is 0 Å². The van der Waals surface area contributed by atoms with Crippen LogP contribution in [-0.2, 0) is 0 Å². The number of hydrogen-bond donors (Lipinski definition) is 1. The van der Waals surface area contributed by atoms with Crippen molar-refractivity contribution in [3.8, 4) is 17.2 Å². The van der Waals surface area contributed by atoms with Gasteiger partial charge in [-0.15, -0.1) is 0 Å². The van der Waals surface area contributed by atoms with Gasteiger partial charge in [-0.05, 0) is 12.1 Å². The number of carbonyl (C=O) groups excluding carboxylic acids is 1. The molecule has 0 aromatic heterocycles. The first-order valence-corrected chi connectivity index (χ1v) is 3.87. The van der Waals surface area contributed by atoms with Gasteiger partial charge in [-0.3, -0.25) is 0 Å². The van der Waals surface area contributed by atoms with Crippen molar-refractivity contribution in [2.75, 3.05) is 14.2 Å². The second-order valence-electron chi connectivity index (χ2n) is 2.41. The largest absolute Gasteiger partial charge is 0.493 e. The van der Waals surface area contributed by atoms with Gasteiger partial charge in [0.1, 0.15) is 0 Å². The molecule has 0 aliphatic carbocycles. The molecule has 0 radical (unpaired) electrons. The number of nitrogens with two attached hydrogens (primary N) is 1. The number of amides is 1. The highest BCUT2D eigenvalue weighted by Crippen LogP contribution is 2.36. The van der Waals surface area contributed by atoms with Crippen molar-refractivity contribution in [1.82, 2.24) is 0 Å². The first-order chi connectivity index (χ1) is 6.69. The van der Waals surface area contributed by atoms with Crippen molar-refractivity contribution in [3.63, 3.8) is 0 Å². The molecule has 1 aromatic carbocycles. The SMILES string of the molecule is COc1cccc(OC(N)=O)c1OC. The standard InChI is InChI=1S/C9H11NO4/c1-12-6-4-3-5-7(8(6)13-2)14-9(10)11/h3-5H,1-2H3,(H2,10,11). The molecule has 14 heavy (non-hydrogen) atoms. The van der Waals surface area contributed by atoms with E-state index in [0.717, 1.165) is 0 Å². The number of methoxy groups -OCH3 is 2. The highest BCUT2D eigenvalue weighted by Gasteiger charge is 2.11. The molecule has 0 unspecified atom stereocenters. The van der Waals surface area contributed by atoms with Gasteiger partial charge in [0.05, 0.1) is 14.2 Å². The van der Waals surface area contributed by atoms with Crippen LogP contribution in [0, 0.1) is 0 Å². The lowest BCUT2D eigenvalue weighted by atomic mass is 10.3. The Morgan fingerprint density at radius 1 is 1.21 bits per heavy atom. The third-order valence-electron chi connectivity index (χ3n) is 1.58. The maximum atomic E-state index is 10.5. The molecule has 2 N–H and O–H groups in total. The molecule has 1 rings (SSSR count). The average molecular weight is 197 g/mol. The van der Waals surface area contributed by atoms with Gasteiger partial charge < -0.3 is 19.9 Å². The van der Waals surface area contributed by atoms with Crippen molar-refractivity contribution >= 4 is 6.09 Å². The van der Waals surface area contributed by atoms with Gasteiger partial charge in [0.15, 0.2) is 11.5 Å². The molecule has 0 bridgehead atoms. The maximum absolute atomic E-state index is 10.5. The van der Waals surface area contributed by atoms with E-state index in [1.807, 2.05) is 0 Å². The van der Waals surface area contributed by atoms with Crippen LogP contribution in [0.3, 0.4) is 0 Å². The Labute approximate surface area is 81.4 Å². The van der Waals surface area contributed by atoms with Crippen LogP contribution in [0.4, 0.5) is 4.79 Å². The summed E-state index contributed by atoms with van der Waals surface area (Å²) in [6.45, 7) is 0. The number of benzene rings is 1. The zero-order chi connectivity index (χ0) is 10.6. The second-order valence-corrected chi connectivity index (χ2v) is 2.41. The molecule has 0 atom stereocenters.